The molecule has 100 valence electrons. The number of hydrogen-bond donors (Lipinski definition) is 1. The highest BCUT2D eigenvalue weighted by Gasteiger charge is 2.09. The third kappa shape index (κ3) is 2.68. The molecule has 1 atom stereocenters. The molecule has 0 aliphatic rings. The molecule has 0 fully saturated rings. The number of nitrogens with zero attached hydrogens (tertiary/aromatic N) is 1. The highest BCUT2D eigenvalue weighted by molar-refractivity contribution is 5.83. The van der Waals surface area contributed by atoms with Crippen molar-refractivity contribution in [3.8, 4) is 0 Å². The van der Waals surface area contributed by atoms with E-state index in [0.29, 0.717) is 6.42 Å². The molecule has 2 N–H and O–H groups in total. The summed E-state index contributed by atoms with van der Waals surface area (Å²) in [5, 5.41) is 2.40. The maximum atomic E-state index is 13.2. The molecule has 3 heteroatoms. The number of aromatic nitrogens is 1. The summed E-state index contributed by atoms with van der Waals surface area (Å²) in [6.45, 7) is 0. The van der Waals surface area contributed by atoms with Gasteiger partial charge in [0.2, 0.25) is 0 Å². The third-order valence-electron chi connectivity index (χ3n) is 3.42. The molecule has 0 aliphatic heterocycles. The van der Waals surface area contributed by atoms with E-state index in [1.54, 1.807) is 6.20 Å². The predicted molar refractivity (Wildman–Crippen MR) is 78.8 cm³/mol. The minimum Gasteiger partial charge on any atom is -0.324 e. The molecule has 0 amide bonds. The second kappa shape index (κ2) is 5.39. The van der Waals surface area contributed by atoms with Gasteiger partial charge in [0, 0.05) is 12.2 Å². The number of hydrogen-bond acceptors (Lipinski definition) is 2. The van der Waals surface area contributed by atoms with E-state index in [1.165, 1.54) is 23.0 Å². The molecule has 0 saturated heterocycles. The molecule has 3 aromatic rings. The molecule has 20 heavy (non-hydrogen) atoms. The maximum Gasteiger partial charge on any atom is 0.141 e. The molecule has 0 spiro atoms. The Morgan fingerprint density at radius 1 is 1.00 bits per heavy atom. The molecule has 2 aromatic carbocycles. The largest absolute Gasteiger partial charge is 0.324 e. The monoisotopic (exact) mass is 266 g/mol. The van der Waals surface area contributed by atoms with E-state index in [4.69, 9.17) is 5.73 Å². The van der Waals surface area contributed by atoms with Crippen molar-refractivity contribution in [3.05, 3.63) is 77.9 Å². The molecule has 2 nitrogen and oxygen atoms in total. The highest BCUT2D eigenvalue weighted by Crippen LogP contribution is 2.20. The van der Waals surface area contributed by atoms with Crippen LogP contribution in [0.5, 0.6) is 0 Å². The van der Waals surface area contributed by atoms with Gasteiger partial charge in [-0.15, -0.1) is 0 Å². The summed E-state index contributed by atoms with van der Waals surface area (Å²) in [7, 11) is 0. The Hall–Kier alpha value is -2.26. The molecular weight excluding hydrogens is 251 g/mol. The summed E-state index contributed by atoms with van der Waals surface area (Å²) in [4.78, 5) is 3.84. The fourth-order valence-electron chi connectivity index (χ4n) is 2.37. The third-order valence-corrected chi connectivity index (χ3v) is 3.42. The van der Waals surface area contributed by atoms with Gasteiger partial charge in [0.25, 0.3) is 0 Å². The smallest absolute Gasteiger partial charge is 0.141 e. The van der Waals surface area contributed by atoms with Crippen LogP contribution >= 0.6 is 0 Å². The van der Waals surface area contributed by atoms with Gasteiger partial charge in [0.15, 0.2) is 0 Å². The first-order chi connectivity index (χ1) is 9.72. The van der Waals surface area contributed by atoms with Crippen LogP contribution in [0.2, 0.25) is 0 Å². The van der Waals surface area contributed by atoms with Crippen molar-refractivity contribution in [1.82, 2.24) is 4.98 Å². The average Bonchev–Trinajstić information content (AvgIpc) is 2.47. The summed E-state index contributed by atoms with van der Waals surface area (Å²) in [5.41, 5.74) is 7.99. The fraction of sp³-hybridized carbons (Fsp3) is 0.118. The van der Waals surface area contributed by atoms with E-state index in [9.17, 15) is 4.39 Å². The number of benzene rings is 2. The molecule has 0 bridgehead atoms. The summed E-state index contributed by atoms with van der Waals surface area (Å²) < 4.78 is 13.2. The zero-order valence-electron chi connectivity index (χ0n) is 11.0. The first kappa shape index (κ1) is 12.8. The van der Waals surface area contributed by atoms with Crippen LogP contribution in [0.1, 0.15) is 17.2 Å². The van der Waals surface area contributed by atoms with Crippen LogP contribution in [-0.2, 0) is 6.42 Å². The second-order valence-electron chi connectivity index (χ2n) is 4.93. The van der Waals surface area contributed by atoms with Crippen molar-refractivity contribution >= 4 is 10.8 Å². The van der Waals surface area contributed by atoms with Crippen molar-refractivity contribution in [2.75, 3.05) is 0 Å². The quantitative estimate of drug-likeness (QED) is 0.786. The van der Waals surface area contributed by atoms with Crippen LogP contribution < -0.4 is 5.73 Å². The van der Waals surface area contributed by atoms with E-state index < -0.39 is 0 Å². The molecular formula is C17H15FN2. The van der Waals surface area contributed by atoms with Gasteiger partial charge < -0.3 is 5.73 Å². The first-order valence-corrected chi connectivity index (χ1v) is 6.56. The lowest BCUT2D eigenvalue weighted by molar-refractivity contribution is 0.610. The summed E-state index contributed by atoms with van der Waals surface area (Å²) >= 11 is 0. The summed E-state index contributed by atoms with van der Waals surface area (Å²) in [6.07, 6.45) is 3.47. The average molecular weight is 266 g/mol. The Morgan fingerprint density at radius 3 is 2.60 bits per heavy atom. The van der Waals surface area contributed by atoms with E-state index in [-0.39, 0.29) is 11.9 Å². The first-order valence-electron chi connectivity index (χ1n) is 6.56. The van der Waals surface area contributed by atoms with Crippen molar-refractivity contribution in [3.63, 3.8) is 0 Å². The highest BCUT2D eigenvalue weighted by atomic mass is 19.1. The van der Waals surface area contributed by atoms with Gasteiger partial charge in [-0.25, -0.2) is 4.39 Å². The maximum absolute atomic E-state index is 13.2. The number of rotatable bonds is 3. The molecule has 0 aliphatic carbocycles. The van der Waals surface area contributed by atoms with E-state index in [2.05, 4.69) is 35.3 Å². The Balaban J connectivity index is 1.85. The Kier molecular flexibility index (Phi) is 3.44. The van der Waals surface area contributed by atoms with Gasteiger partial charge >= 0.3 is 0 Å². The SMILES string of the molecule is NC(Cc1ccc2ccccc2c1)c1cncc(F)c1. The minimum absolute atomic E-state index is 0.251. The lowest BCUT2D eigenvalue weighted by Crippen LogP contribution is -2.13. The number of pyridine rings is 1. The fourth-order valence-corrected chi connectivity index (χ4v) is 2.37. The number of nitrogens with two attached hydrogens (primary N) is 1. The Labute approximate surface area is 117 Å². The zero-order valence-corrected chi connectivity index (χ0v) is 11.0. The van der Waals surface area contributed by atoms with Crippen LogP contribution in [0.4, 0.5) is 4.39 Å². The normalized spacial score (nSPS) is 12.5. The zero-order chi connectivity index (χ0) is 13.9. The molecule has 1 heterocycles. The van der Waals surface area contributed by atoms with Crippen LogP contribution in [0.15, 0.2) is 60.9 Å². The molecule has 1 unspecified atom stereocenters. The van der Waals surface area contributed by atoms with Crippen LogP contribution in [0, 0.1) is 5.82 Å². The Bertz CT molecular complexity index is 740. The summed E-state index contributed by atoms with van der Waals surface area (Å²) in [6, 6.07) is 15.7. The molecule has 0 saturated carbocycles. The van der Waals surface area contributed by atoms with E-state index in [1.807, 2.05) is 12.1 Å². The van der Waals surface area contributed by atoms with Crippen LogP contribution in [-0.4, -0.2) is 4.98 Å². The van der Waals surface area contributed by atoms with Gasteiger partial charge in [-0.3, -0.25) is 4.98 Å². The molecule has 0 radical (unpaired) electrons. The van der Waals surface area contributed by atoms with Gasteiger partial charge in [-0.05, 0) is 34.4 Å². The van der Waals surface area contributed by atoms with Gasteiger partial charge in [-0.1, -0.05) is 42.5 Å². The summed E-state index contributed by atoms with van der Waals surface area (Å²) in [5.74, 6) is -0.350. The van der Waals surface area contributed by atoms with Crippen molar-refractivity contribution in [1.29, 1.82) is 0 Å². The van der Waals surface area contributed by atoms with Gasteiger partial charge in [0.05, 0.1) is 6.20 Å². The second-order valence-corrected chi connectivity index (χ2v) is 4.93. The standard InChI is InChI=1S/C17H15FN2/c18-16-9-15(10-20-11-16)17(19)8-12-5-6-13-3-1-2-4-14(13)7-12/h1-7,9-11,17H,8,19H2. The van der Waals surface area contributed by atoms with Crippen molar-refractivity contribution in [2.45, 2.75) is 12.5 Å². The lowest BCUT2D eigenvalue weighted by atomic mass is 9.98. The number of fused-ring (bicyclic) bond motifs is 1. The van der Waals surface area contributed by atoms with Crippen LogP contribution in [0.3, 0.4) is 0 Å². The molecule has 1 aromatic heterocycles. The minimum atomic E-state index is -0.350. The predicted octanol–water partition coefficient (Wildman–Crippen LogP) is 3.62. The van der Waals surface area contributed by atoms with Crippen LogP contribution in [0.25, 0.3) is 10.8 Å². The van der Waals surface area contributed by atoms with Gasteiger partial charge in [-0.2, -0.15) is 0 Å². The van der Waals surface area contributed by atoms with Gasteiger partial charge in [0.1, 0.15) is 5.82 Å². The topological polar surface area (TPSA) is 38.9 Å². The van der Waals surface area contributed by atoms with Crippen molar-refractivity contribution in [2.24, 2.45) is 5.73 Å². The molecule has 3 rings (SSSR count). The lowest BCUT2D eigenvalue weighted by Gasteiger charge is -2.12. The Morgan fingerprint density at radius 2 is 1.80 bits per heavy atom. The number of halogens is 1. The van der Waals surface area contributed by atoms with E-state index >= 15 is 0 Å². The van der Waals surface area contributed by atoms with Crippen molar-refractivity contribution < 1.29 is 4.39 Å². The van der Waals surface area contributed by atoms with E-state index in [0.717, 1.165) is 11.1 Å².